The van der Waals surface area contributed by atoms with Crippen LogP contribution in [0.1, 0.15) is 25.3 Å². The lowest BCUT2D eigenvalue weighted by atomic mass is 10.0. The number of carbonyl (C=O) groups is 2. The maximum absolute atomic E-state index is 11.5. The fourth-order valence-electron chi connectivity index (χ4n) is 1.66. The molecular formula is C15H21NO4. The number of ether oxygens (including phenoxy) is 2. The van der Waals surface area contributed by atoms with Crippen molar-refractivity contribution < 1.29 is 19.1 Å². The van der Waals surface area contributed by atoms with E-state index in [1.807, 2.05) is 37.3 Å². The van der Waals surface area contributed by atoms with Gasteiger partial charge in [0.2, 0.25) is 0 Å². The van der Waals surface area contributed by atoms with Crippen LogP contribution in [0, 0.1) is 5.92 Å². The summed E-state index contributed by atoms with van der Waals surface area (Å²) in [6.45, 7) is 2.67. The van der Waals surface area contributed by atoms with Gasteiger partial charge in [-0.05, 0) is 17.9 Å². The molecule has 1 N–H and O–H groups in total. The molecule has 110 valence electrons. The fraction of sp³-hybridized carbons (Fsp3) is 0.467. The molecule has 0 radical (unpaired) electrons. The van der Waals surface area contributed by atoms with E-state index in [2.05, 4.69) is 10.1 Å². The lowest BCUT2D eigenvalue weighted by Crippen LogP contribution is -2.26. The van der Waals surface area contributed by atoms with Crippen LogP contribution in [0.2, 0.25) is 0 Å². The van der Waals surface area contributed by atoms with Gasteiger partial charge in [-0.15, -0.1) is 0 Å². The van der Waals surface area contributed by atoms with Crippen LogP contribution in [-0.4, -0.2) is 25.7 Å². The molecule has 0 aliphatic rings. The van der Waals surface area contributed by atoms with E-state index in [0.717, 1.165) is 5.56 Å². The highest BCUT2D eigenvalue weighted by Crippen LogP contribution is 2.07. The second kappa shape index (κ2) is 8.96. The normalized spacial score (nSPS) is 11.5. The molecule has 0 unspecified atom stereocenters. The minimum atomic E-state index is -0.445. The average molecular weight is 279 g/mol. The van der Waals surface area contributed by atoms with E-state index in [4.69, 9.17) is 4.74 Å². The van der Waals surface area contributed by atoms with Crippen LogP contribution in [0.3, 0.4) is 0 Å². The molecule has 0 aliphatic carbocycles. The summed E-state index contributed by atoms with van der Waals surface area (Å²) in [4.78, 5) is 22.5. The van der Waals surface area contributed by atoms with Crippen molar-refractivity contribution in [2.75, 3.05) is 13.7 Å². The maximum Gasteiger partial charge on any atom is 0.407 e. The minimum Gasteiger partial charge on any atom is -0.469 e. The third kappa shape index (κ3) is 6.78. The second-order valence-corrected chi connectivity index (χ2v) is 4.66. The van der Waals surface area contributed by atoms with Gasteiger partial charge in [-0.1, -0.05) is 37.3 Å². The van der Waals surface area contributed by atoms with Crippen LogP contribution in [0.25, 0.3) is 0 Å². The van der Waals surface area contributed by atoms with Crippen molar-refractivity contribution in [1.82, 2.24) is 5.32 Å². The number of rotatable bonds is 7. The Morgan fingerprint density at radius 3 is 2.60 bits per heavy atom. The van der Waals surface area contributed by atoms with Crippen molar-refractivity contribution in [2.45, 2.75) is 26.4 Å². The molecule has 0 bridgehead atoms. The standard InChI is InChI=1S/C15H21NO4/c1-12(10-14(17)19-2)8-9-16-15(18)20-11-13-6-4-3-5-7-13/h3-7,12H,8-11H2,1-2H3,(H,16,18)/t12-/m1/s1. The van der Waals surface area contributed by atoms with Crippen molar-refractivity contribution >= 4 is 12.1 Å². The number of alkyl carbamates (subject to hydrolysis) is 1. The SMILES string of the molecule is COC(=O)C[C@H](C)CCNC(=O)OCc1ccccc1. The topological polar surface area (TPSA) is 64.6 Å². The summed E-state index contributed by atoms with van der Waals surface area (Å²) in [5.41, 5.74) is 0.946. The quantitative estimate of drug-likeness (QED) is 0.779. The zero-order valence-electron chi connectivity index (χ0n) is 11.9. The Morgan fingerprint density at radius 2 is 1.95 bits per heavy atom. The summed E-state index contributed by atoms with van der Waals surface area (Å²) < 4.78 is 9.66. The van der Waals surface area contributed by atoms with Crippen molar-refractivity contribution in [3.63, 3.8) is 0 Å². The summed E-state index contributed by atoms with van der Waals surface area (Å²) in [5.74, 6) is -0.0685. The number of benzene rings is 1. The molecule has 5 nitrogen and oxygen atoms in total. The summed E-state index contributed by atoms with van der Waals surface area (Å²) in [5, 5.41) is 2.66. The van der Waals surface area contributed by atoms with Gasteiger partial charge in [0.15, 0.2) is 0 Å². The number of carbonyl (C=O) groups excluding carboxylic acids is 2. The largest absolute Gasteiger partial charge is 0.469 e. The van der Waals surface area contributed by atoms with E-state index in [0.29, 0.717) is 19.4 Å². The monoisotopic (exact) mass is 279 g/mol. The van der Waals surface area contributed by atoms with E-state index in [-0.39, 0.29) is 18.5 Å². The van der Waals surface area contributed by atoms with Gasteiger partial charge >= 0.3 is 12.1 Å². The molecule has 5 heteroatoms. The Hall–Kier alpha value is -2.04. The lowest BCUT2D eigenvalue weighted by molar-refractivity contribution is -0.141. The van der Waals surface area contributed by atoms with Gasteiger partial charge < -0.3 is 14.8 Å². The highest BCUT2D eigenvalue weighted by Gasteiger charge is 2.10. The maximum atomic E-state index is 11.5. The van der Waals surface area contributed by atoms with Gasteiger partial charge in [0.1, 0.15) is 6.61 Å². The summed E-state index contributed by atoms with van der Waals surface area (Å²) in [7, 11) is 1.37. The highest BCUT2D eigenvalue weighted by atomic mass is 16.5. The second-order valence-electron chi connectivity index (χ2n) is 4.66. The molecule has 1 aromatic rings. The third-order valence-electron chi connectivity index (χ3n) is 2.86. The number of amides is 1. The molecule has 0 aromatic heterocycles. The van der Waals surface area contributed by atoms with Gasteiger partial charge in [0.05, 0.1) is 7.11 Å². The molecule has 0 heterocycles. The van der Waals surface area contributed by atoms with Crippen LogP contribution in [-0.2, 0) is 20.9 Å². The lowest BCUT2D eigenvalue weighted by Gasteiger charge is -2.11. The number of hydrogen-bond donors (Lipinski definition) is 1. The Bertz CT molecular complexity index is 419. The Balaban J connectivity index is 2.12. The van der Waals surface area contributed by atoms with Crippen molar-refractivity contribution in [2.24, 2.45) is 5.92 Å². The molecule has 1 rings (SSSR count). The van der Waals surface area contributed by atoms with Gasteiger partial charge in [-0.3, -0.25) is 4.79 Å². The van der Waals surface area contributed by atoms with Crippen molar-refractivity contribution in [1.29, 1.82) is 0 Å². The number of nitrogens with one attached hydrogen (secondary N) is 1. The minimum absolute atomic E-state index is 0.164. The van der Waals surface area contributed by atoms with Gasteiger partial charge in [0.25, 0.3) is 0 Å². The molecule has 1 aromatic carbocycles. The summed E-state index contributed by atoms with van der Waals surface area (Å²) in [6, 6.07) is 9.49. The van der Waals surface area contributed by atoms with E-state index >= 15 is 0 Å². The van der Waals surface area contributed by atoms with Crippen LogP contribution in [0.5, 0.6) is 0 Å². The van der Waals surface area contributed by atoms with E-state index < -0.39 is 6.09 Å². The molecule has 20 heavy (non-hydrogen) atoms. The van der Waals surface area contributed by atoms with Gasteiger partial charge in [-0.2, -0.15) is 0 Å². The first-order chi connectivity index (χ1) is 9.61. The van der Waals surface area contributed by atoms with Crippen molar-refractivity contribution in [3.05, 3.63) is 35.9 Å². The van der Waals surface area contributed by atoms with E-state index in [1.54, 1.807) is 0 Å². The van der Waals surface area contributed by atoms with Crippen LogP contribution in [0.4, 0.5) is 4.79 Å². The highest BCUT2D eigenvalue weighted by molar-refractivity contribution is 5.69. The molecule has 0 saturated heterocycles. The summed E-state index contributed by atoms with van der Waals surface area (Å²) >= 11 is 0. The Labute approximate surface area is 119 Å². The molecule has 0 spiro atoms. The first-order valence-corrected chi connectivity index (χ1v) is 6.63. The van der Waals surface area contributed by atoms with Gasteiger partial charge in [0, 0.05) is 13.0 Å². The molecule has 0 fully saturated rings. The molecule has 0 aliphatic heterocycles. The van der Waals surface area contributed by atoms with E-state index in [9.17, 15) is 9.59 Å². The molecule has 1 amide bonds. The first-order valence-electron chi connectivity index (χ1n) is 6.63. The van der Waals surface area contributed by atoms with Crippen molar-refractivity contribution in [3.8, 4) is 0 Å². The Kier molecular flexibility index (Phi) is 7.17. The smallest absolute Gasteiger partial charge is 0.407 e. The summed E-state index contributed by atoms with van der Waals surface area (Å²) in [6.07, 6.45) is 0.617. The van der Waals surface area contributed by atoms with Gasteiger partial charge in [-0.25, -0.2) is 4.79 Å². The number of hydrogen-bond acceptors (Lipinski definition) is 4. The zero-order chi connectivity index (χ0) is 14.8. The molecular weight excluding hydrogens is 258 g/mol. The predicted octanol–water partition coefficient (Wildman–Crippen LogP) is 2.50. The number of esters is 1. The fourth-order valence-corrected chi connectivity index (χ4v) is 1.66. The average Bonchev–Trinajstić information content (AvgIpc) is 2.46. The molecule has 0 saturated carbocycles. The van der Waals surface area contributed by atoms with Crippen LogP contribution in [0.15, 0.2) is 30.3 Å². The first kappa shape index (κ1) is 16.0. The van der Waals surface area contributed by atoms with Crippen LogP contribution < -0.4 is 5.32 Å². The van der Waals surface area contributed by atoms with Crippen LogP contribution >= 0.6 is 0 Å². The Morgan fingerprint density at radius 1 is 1.25 bits per heavy atom. The zero-order valence-corrected chi connectivity index (χ0v) is 11.9. The number of methoxy groups -OCH3 is 1. The third-order valence-corrected chi connectivity index (χ3v) is 2.86. The molecule has 1 atom stereocenters. The van der Waals surface area contributed by atoms with E-state index in [1.165, 1.54) is 7.11 Å². The predicted molar refractivity (Wildman–Crippen MR) is 75.0 cm³/mol.